The topological polar surface area (TPSA) is 12.9 Å². The van der Waals surface area contributed by atoms with Gasteiger partial charge in [-0.25, -0.2) is 4.98 Å². The van der Waals surface area contributed by atoms with Gasteiger partial charge in [0.25, 0.3) is 0 Å². The van der Waals surface area contributed by atoms with E-state index < -0.39 is 16.1 Å². The normalized spacial score (nSPS) is 14.2. The third-order valence-electron chi connectivity index (χ3n) is 12.0. The molecule has 8 aromatic rings. The third kappa shape index (κ3) is 5.07. The van der Waals surface area contributed by atoms with E-state index in [2.05, 4.69) is 202 Å². The highest BCUT2D eigenvalue weighted by Crippen LogP contribution is 2.40. The average molecular weight is 724 g/mol. The van der Waals surface area contributed by atoms with Crippen molar-refractivity contribution >= 4 is 36.9 Å². The van der Waals surface area contributed by atoms with Gasteiger partial charge in [0.2, 0.25) is 0 Å². The van der Waals surface area contributed by atoms with E-state index in [1.54, 1.807) is 10.4 Å². The van der Waals surface area contributed by atoms with Crippen LogP contribution in [0, 0.1) is 0 Å². The molecule has 0 saturated heterocycles. The van der Waals surface area contributed by atoms with Crippen molar-refractivity contribution in [2.45, 2.75) is 26.2 Å². The Balaban J connectivity index is 1.26. The van der Waals surface area contributed by atoms with E-state index in [9.17, 15) is 0 Å². The molecule has 10 rings (SSSR count). The third-order valence-corrected chi connectivity index (χ3v) is 19.2. The van der Waals surface area contributed by atoms with Crippen molar-refractivity contribution in [1.29, 1.82) is 0 Å². The summed E-state index contributed by atoms with van der Waals surface area (Å²) in [6.07, 6.45) is 0. The van der Waals surface area contributed by atoms with Crippen LogP contribution in [0.4, 0.5) is 0 Å². The molecule has 0 bridgehead atoms. The van der Waals surface area contributed by atoms with E-state index in [4.69, 9.17) is 4.98 Å². The summed E-state index contributed by atoms with van der Waals surface area (Å²) in [5, 5.41) is 6.15. The Kier molecular flexibility index (Phi) is 7.49. The number of rotatable bonds is 5. The highest BCUT2D eigenvalue weighted by atomic mass is 28.3. The fraction of sp³-hybridized carbons (Fsp3) is 0.0784. The minimum Gasteiger partial charge on any atom is -0.248 e. The summed E-state index contributed by atoms with van der Waals surface area (Å²) in [6, 6.07) is 65.4. The van der Waals surface area contributed by atoms with Crippen LogP contribution in [-0.2, 0) is 0 Å². The molecule has 0 unspecified atom stereocenters. The molecule has 2 aliphatic rings. The second-order valence-electron chi connectivity index (χ2n) is 16.0. The van der Waals surface area contributed by atoms with Crippen LogP contribution in [0.25, 0.3) is 78.1 Å². The zero-order valence-electron chi connectivity index (χ0n) is 31.2. The molecule has 54 heavy (non-hydrogen) atoms. The summed E-state index contributed by atoms with van der Waals surface area (Å²) >= 11 is 0. The Morgan fingerprint density at radius 3 is 1.11 bits per heavy atom. The largest absolute Gasteiger partial charge is 0.248 e. The van der Waals surface area contributed by atoms with E-state index in [0.717, 1.165) is 22.5 Å². The van der Waals surface area contributed by atoms with Gasteiger partial charge >= 0.3 is 0 Å². The molecule has 0 aliphatic carbocycles. The predicted molar refractivity (Wildman–Crippen MR) is 236 cm³/mol. The molecule has 0 spiro atoms. The van der Waals surface area contributed by atoms with Gasteiger partial charge in [-0.05, 0) is 107 Å². The van der Waals surface area contributed by atoms with E-state index in [1.165, 1.54) is 66.0 Å². The maximum absolute atomic E-state index is 5.25. The highest BCUT2D eigenvalue weighted by Gasteiger charge is 2.41. The fourth-order valence-corrected chi connectivity index (χ4v) is 16.4. The Morgan fingerprint density at radius 1 is 0.296 bits per heavy atom. The van der Waals surface area contributed by atoms with Gasteiger partial charge in [0, 0.05) is 11.1 Å². The van der Waals surface area contributed by atoms with Crippen LogP contribution < -0.4 is 20.7 Å². The average Bonchev–Trinajstić information content (AvgIpc) is 3.61. The standard InChI is InChI=1S/C51H41NSi2/c1-53(2)48-27-13-11-21-42(48)44-25-15-23-40(50(44)53)38-29-36(37-32-46(34-17-7-5-8-18-34)52-47(33-37)35-19-9-6-10-20-35)30-39(31-38)41-24-16-26-45-43-22-12-14-28-49(43)54(3,4)51(41)45/h5-33H,1-4H3. The van der Waals surface area contributed by atoms with E-state index >= 15 is 0 Å². The first kappa shape index (κ1) is 32.7. The first-order valence-corrected chi connectivity index (χ1v) is 25.0. The van der Waals surface area contributed by atoms with Crippen molar-refractivity contribution < 1.29 is 0 Å². The lowest BCUT2D eigenvalue weighted by atomic mass is 9.90. The summed E-state index contributed by atoms with van der Waals surface area (Å²) in [5.41, 5.74) is 17.5. The molecule has 0 radical (unpaired) electrons. The highest BCUT2D eigenvalue weighted by molar-refractivity contribution is 7.05. The number of hydrogen-bond donors (Lipinski definition) is 0. The van der Waals surface area contributed by atoms with Crippen LogP contribution in [0.5, 0.6) is 0 Å². The molecule has 7 aromatic carbocycles. The monoisotopic (exact) mass is 723 g/mol. The van der Waals surface area contributed by atoms with Gasteiger partial charge < -0.3 is 0 Å². The summed E-state index contributed by atoms with van der Waals surface area (Å²) in [4.78, 5) is 5.25. The Hall–Kier alpha value is -5.88. The van der Waals surface area contributed by atoms with Crippen molar-refractivity contribution in [3.8, 4) is 78.1 Å². The molecule has 3 heteroatoms. The smallest absolute Gasteiger partial charge is 0.114 e. The zero-order chi connectivity index (χ0) is 36.6. The van der Waals surface area contributed by atoms with Gasteiger partial charge in [0.15, 0.2) is 0 Å². The maximum Gasteiger partial charge on any atom is 0.114 e. The molecule has 0 saturated carbocycles. The lowest BCUT2D eigenvalue weighted by molar-refractivity contribution is 1.32. The molecule has 0 N–H and O–H groups in total. The molecule has 0 fully saturated rings. The lowest BCUT2D eigenvalue weighted by Gasteiger charge is -2.24. The summed E-state index contributed by atoms with van der Waals surface area (Å²) in [6.45, 7) is 10.1. The van der Waals surface area contributed by atoms with Gasteiger partial charge in [0.05, 0.1) is 11.4 Å². The molecular weight excluding hydrogens is 683 g/mol. The number of nitrogens with zero attached hydrogens (tertiary/aromatic N) is 1. The van der Waals surface area contributed by atoms with Gasteiger partial charge in [-0.1, -0.05) is 172 Å². The van der Waals surface area contributed by atoms with Crippen LogP contribution in [0.15, 0.2) is 176 Å². The number of pyridine rings is 1. The fourth-order valence-electron chi connectivity index (χ4n) is 9.49. The SMILES string of the molecule is C[Si]1(C)c2ccccc2-c2cccc(-c3cc(-c4cc(-c5ccccc5)nc(-c5ccccc5)c4)cc(-c4cccc5c4[Si](C)(C)c4ccccc4-5)c3)c21. The van der Waals surface area contributed by atoms with E-state index in [1.807, 2.05) is 0 Å². The molecule has 2 aliphatic heterocycles. The van der Waals surface area contributed by atoms with Gasteiger partial charge in [-0.3, -0.25) is 0 Å². The molecular formula is C51H41NSi2. The Labute approximate surface area is 320 Å². The summed E-state index contributed by atoms with van der Waals surface area (Å²) in [7, 11) is -3.99. The van der Waals surface area contributed by atoms with Gasteiger partial charge in [-0.2, -0.15) is 0 Å². The van der Waals surface area contributed by atoms with Crippen molar-refractivity contribution in [3.63, 3.8) is 0 Å². The minimum absolute atomic E-state index is 0.980. The Morgan fingerprint density at radius 2 is 0.648 bits per heavy atom. The minimum atomic E-state index is -1.99. The molecule has 0 atom stereocenters. The van der Waals surface area contributed by atoms with Crippen LogP contribution in [0.2, 0.25) is 26.2 Å². The predicted octanol–water partition coefficient (Wildman–Crippen LogP) is 11.0. The number of hydrogen-bond acceptors (Lipinski definition) is 1. The van der Waals surface area contributed by atoms with Crippen LogP contribution in [-0.4, -0.2) is 21.1 Å². The van der Waals surface area contributed by atoms with Crippen molar-refractivity contribution in [2.75, 3.05) is 0 Å². The zero-order valence-corrected chi connectivity index (χ0v) is 33.2. The van der Waals surface area contributed by atoms with Gasteiger partial charge in [-0.15, -0.1) is 0 Å². The molecule has 258 valence electrons. The molecule has 1 aromatic heterocycles. The second kappa shape index (κ2) is 12.3. The quantitative estimate of drug-likeness (QED) is 0.161. The first-order valence-electron chi connectivity index (χ1n) is 19.0. The van der Waals surface area contributed by atoms with E-state index in [0.29, 0.717) is 0 Å². The lowest BCUT2D eigenvalue weighted by Crippen LogP contribution is -2.50. The molecule has 1 nitrogen and oxygen atoms in total. The first-order chi connectivity index (χ1) is 26.3. The molecule has 0 amide bonds. The van der Waals surface area contributed by atoms with Gasteiger partial charge in [0.1, 0.15) is 16.1 Å². The number of benzene rings is 7. The Bertz CT molecular complexity index is 2580. The maximum atomic E-state index is 5.25. The summed E-state index contributed by atoms with van der Waals surface area (Å²) < 4.78 is 0. The van der Waals surface area contributed by atoms with Crippen molar-refractivity contribution in [3.05, 3.63) is 176 Å². The number of aromatic nitrogens is 1. The number of fused-ring (bicyclic) bond motifs is 6. The van der Waals surface area contributed by atoms with Crippen LogP contribution in [0.1, 0.15) is 0 Å². The van der Waals surface area contributed by atoms with Crippen molar-refractivity contribution in [2.24, 2.45) is 0 Å². The van der Waals surface area contributed by atoms with Crippen LogP contribution in [0.3, 0.4) is 0 Å². The second-order valence-corrected chi connectivity index (χ2v) is 24.5. The van der Waals surface area contributed by atoms with Crippen molar-refractivity contribution in [1.82, 2.24) is 4.98 Å². The van der Waals surface area contributed by atoms with E-state index in [-0.39, 0.29) is 0 Å². The molecule has 3 heterocycles. The van der Waals surface area contributed by atoms with Crippen LogP contribution >= 0.6 is 0 Å². The summed E-state index contributed by atoms with van der Waals surface area (Å²) in [5.74, 6) is 0.